The molecular weight excluding hydrogens is 298 g/mol. The largest absolute Gasteiger partial charge is 0.480 e. The highest BCUT2D eigenvalue weighted by atomic mass is 16.4. The fourth-order valence-corrected chi connectivity index (χ4v) is 2.68. The third kappa shape index (κ3) is 10.2. The molecule has 0 saturated carbocycles. The smallest absolute Gasteiger partial charge is 0.321 e. The molecule has 1 aromatic carbocycles. The monoisotopic (exact) mass is 331 g/mol. The van der Waals surface area contributed by atoms with Crippen molar-refractivity contribution in [3.8, 4) is 0 Å². The zero-order valence-electron chi connectivity index (χ0n) is 15.0. The van der Waals surface area contributed by atoms with E-state index in [0.717, 1.165) is 31.4 Å². The van der Waals surface area contributed by atoms with Gasteiger partial charge in [-0.1, -0.05) is 68.7 Å². The van der Waals surface area contributed by atoms with Crippen LogP contribution in [-0.2, 0) is 11.2 Å². The first-order valence-electron chi connectivity index (χ1n) is 9.39. The number of allylic oxidation sites excluding steroid dienone is 2. The quantitative estimate of drug-likeness (QED) is 0.374. The van der Waals surface area contributed by atoms with Gasteiger partial charge in [0, 0.05) is 0 Å². The summed E-state index contributed by atoms with van der Waals surface area (Å²) in [7, 11) is 0. The number of hydrogen-bond acceptors (Lipinski definition) is 2. The average molecular weight is 332 g/mol. The minimum Gasteiger partial charge on any atom is -0.480 e. The maximum Gasteiger partial charge on any atom is 0.321 e. The first-order valence-corrected chi connectivity index (χ1v) is 9.39. The lowest BCUT2D eigenvalue weighted by Gasteiger charge is -2.14. The van der Waals surface area contributed by atoms with Crippen LogP contribution in [0.1, 0.15) is 63.9 Å². The average Bonchev–Trinajstić information content (AvgIpc) is 2.59. The van der Waals surface area contributed by atoms with E-state index in [2.05, 4.69) is 24.4 Å². The fraction of sp³-hybridized carbons (Fsp3) is 0.571. The molecule has 0 fully saturated rings. The van der Waals surface area contributed by atoms with Gasteiger partial charge in [-0.3, -0.25) is 4.79 Å². The molecule has 0 bridgehead atoms. The van der Waals surface area contributed by atoms with Crippen LogP contribution in [0.5, 0.6) is 0 Å². The summed E-state index contributed by atoms with van der Waals surface area (Å²) in [6.45, 7) is 2.99. The highest BCUT2D eigenvalue weighted by Crippen LogP contribution is 2.06. The topological polar surface area (TPSA) is 49.3 Å². The summed E-state index contributed by atoms with van der Waals surface area (Å²) in [5.41, 5.74) is 1.06. The van der Waals surface area contributed by atoms with Crippen LogP contribution in [0.2, 0.25) is 0 Å². The Kier molecular flexibility index (Phi) is 11.7. The lowest BCUT2D eigenvalue weighted by atomic mass is 10.1. The number of benzene rings is 1. The van der Waals surface area contributed by atoms with Gasteiger partial charge in [-0.05, 0) is 50.6 Å². The molecule has 0 aliphatic rings. The Morgan fingerprint density at radius 1 is 1.04 bits per heavy atom. The summed E-state index contributed by atoms with van der Waals surface area (Å²) in [5.74, 6) is -0.772. The zero-order chi connectivity index (χ0) is 17.5. The van der Waals surface area contributed by atoms with Crippen LogP contribution in [0.25, 0.3) is 0 Å². The van der Waals surface area contributed by atoms with Crippen molar-refractivity contribution in [1.29, 1.82) is 0 Å². The number of carbonyl (C=O) groups is 1. The molecule has 24 heavy (non-hydrogen) atoms. The van der Waals surface area contributed by atoms with E-state index in [1.807, 2.05) is 30.3 Å². The van der Waals surface area contributed by atoms with E-state index in [1.54, 1.807) is 0 Å². The SMILES string of the molecule is CCCCCC/C=C\CCCCNC(Cc1ccccc1)C(=O)O. The molecule has 1 rings (SSSR count). The van der Waals surface area contributed by atoms with E-state index in [4.69, 9.17) is 0 Å². The Bertz CT molecular complexity index is 456. The zero-order valence-corrected chi connectivity index (χ0v) is 15.0. The van der Waals surface area contributed by atoms with Gasteiger partial charge in [0.1, 0.15) is 6.04 Å². The molecule has 1 unspecified atom stereocenters. The van der Waals surface area contributed by atoms with E-state index in [0.29, 0.717) is 6.42 Å². The van der Waals surface area contributed by atoms with Crippen molar-refractivity contribution >= 4 is 5.97 Å². The summed E-state index contributed by atoms with van der Waals surface area (Å²) < 4.78 is 0. The molecule has 1 aromatic rings. The van der Waals surface area contributed by atoms with Crippen molar-refractivity contribution in [2.24, 2.45) is 0 Å². The molecule has 0 amide bonds. The summed E-state index contributed by atoms with van der Waals surface area (Å²) in [6, 6.07) is 9.29. The van der Waals surface area contributed by atoms with Crippen molar-refractivity contribution in [2.45, 2.75) is 70.8 Å². The van der Waals surface area contributed by atoms with Crippen LogP contribution in [0.3, 0.4) is 0 Å². The molecule has 3 nitrogen and oxygen atoms in total. The molecule has 0 aromatic heterocycles. The number of carboxylic acids is 1. The molecular formula is C21H33NO2. The number of nitrogens with one attached hydrogen (secondary N) is 1. The van der Waals surface area contributed by atoms with Crippen LogP contribution < -0.4 is 5.32 Å². The van der Waals surface area contributed by atoms with Crippen molar-refractivity contribution in [3.05, 3.63) is 48.0 Å². The van der Waals surface area contributed by atoms with Gasteiger partial charge in [0.05, 0.1) is 0 Å². The molecule has 1 atom stereocenters. The number of unbranched alkanes of at least 4 members (excludes halogenated alkanes) is 6. The first-order chi connectivity index (χ1) is 11.7. The maximum absolute atomic E-state index is 11.3. The van der Waals surface area contributed by atoms with Crippen molar-refractivity contribution in [3.63, 3.8) is 0 Å². The Hall–Kier alpha value is -1.61. The lowest BCUT2D eigenvalue weighted by Crippen LogP contribution is -2.39. The normalized spacial score (nSPS) is 12.5. The minimum atomic E-state index is -0.772. The van der Waals surface area contributed by atoms with Gasteiger partial charge in [0.15, 0.2) is 0 Å². The molecule has 0 heterocycles. The predicted octanol–water partition coefficient (Wildman–Crippen LogP) is 4.97. The van der Waals surface area contributed by atoms with E-state index in [-0.39, 0.29) is 0 Å². The van der Waals surface area contributed by atoms with Crippen molar-refractivity contribution < 1.29 is 9.90 Å². The summed E-state index contributed by atoms with van der Waals surface area (Å²) in [6.07, 6.45) is 14.8. The number of carboxylic acid groups (broad SMARTS) is 1. The predicted molar refractivity (Wildman–Crippen MR) is 101 cm³/mol. The number of aliphatic carboxylic acids is 1. The second kappa shape index (κ2) is 13.8. The van der Waals surface area contributed by atoms with Crippen LogP contribution >= 0.6 is 0 Å². The van der Waals surface area contributed by atoms with Gasteiger partial charge >= 0.3 is 5.97 Å². The second-order valence-electron chi connectivity index (χ2n) is 6.35. The molecule has 0 aliphatic heterocycles. The van der Waals surface area contributed by atoms with Gasteiger partial charge < -0.3 is 10.4 Å². The summed E-state index contributed by atoms with van der Waals surface area (Å²) in [5, 5.41) is 12.5. The molecule has 3 heteroatoms. The first kappa shape index (κ1) is 20.4. The minimum absolute atomic E-state index is 0.499. The van der Waals surface area contributed by atoms with Crippen molar-refractivity contribution in [2.75, 3.05) is 6.54 Å². The lowest BCUT2D eigenvalue weighted by molar-refractivity contribution is -0.139. The van der Waals surface area contributed by atoms with E-state index in [1.165, 1.54) is 32.1 Å². The van der Waals surface area contributed by atoms with Gasteiger partial charge in [0.2, 0.25) is 0 Å². The summed E-state index contributed by atoms with van der Waals surface area (Å²) in [4.78, 5) is 11.3. The molecule has 2 N–H and O–H groups in total. The fourth-order valence-electron chi connectivity index (χ4n) is 2.68. The highest BCUT2D eigenvalue weighted by Gasteiger charge is 2.16. The van der Waals surface area contributed by atoms with Crippen LogP contribution in [0.15, 0.2) is 42.5 Å². The number of hydrogen-bond donors (Lipinski definition) is 2. The Labute approximate surface area is 147 Å². The van der Waals surface area contributed by atoms with Crippen LogP contribution in [0.4, 0.5) is 0 Å². The van der Waals surface area contributed by atoms with Gasteiger partial charge in [-0.25, -0.2) is 0 Å². The second-order valence-corrected chi connectivity index (χ2v) is 6.35. The standard InChI is InChI=1S/C21H33NO2/c1-2-3-4-5-6-7-8-9-10-14-17-22-20(21(23)24)18-19-15-12-11-13-16-19/h7-8,11-13,15-16,20,22H,2-6,9-10,14,17-18H2,1H3,(H,23,24)/b8-7-. The molecule has 134 valence electrons. The number of rotatable bonds is 14. The van der Waals surface area contributed by atoms with E-state index in [9.17, 15) is 9.90 Å². The van der Waals surface area contributed by atoms with E-state index >= 15 is 0 Å². The Morgan fingerprint density at radius 3 is 2.33 bits per heavy atom. The third-order valence-electron chi connectivity index (χ3n) is 4.16. The maximum atomic E-state index is 11.3. The molecule has 0 spiro atoms. The Morgan fingerprint density at radius 2 is 1.71 bits per heavy atom. The van der Waals surface area contributed by atoms with Crippen molar-refractivity contribution in [1.82, 2.24) is 5.32 Å². The van der Waals surface area contributed by atoms with Gasteiger partial charge in [0.25, 0.3) is 0 Å². The molecule has 0 saturated heterocycles. The molecule has 0 radical (unpaired) electrons. The summed E-state index contributed by atoms with van der Waals surface area (Å²) >= 11 is 0. The van der Waals surface area contributed by atoms with Gasteiger partial charge in [-0.15, -0.1) is 0 Å². The third-order valence-corrected chi connectivity index (χ3v) is 4.16. The highest BCUT2D eigenvalue weighted by molar-refractivity contribution is 5.73. The van der Waals surface area contributed by atoms with Gasteiger partial charge in [-0.2, -0.15) is 0 Å². The molecule has 0 aliphatic carbocycles. The van der Waals surface area contributed by atoms with Crippen LogP contribution in [0, 0.1) is 0 Å². The Balaban J connectivity index is 2.09. The van der Waals surface area contributed by atoms with Crippen LogP contribution in [-0.4, -0.2) is 23.7 Å². The van der Waals surface area contributed by atoms with E-state index < -0.39 is 12.0 Å².